The summed E-state index contributed by atoms with van der Waals surface area (Å²) in [5.41, 5.74) is 4.89. The van der Waals surface area contributed by atoms with Gasteiger partial charge in [0.2, 0.25) is 5.91 Å². The second kappa shape index (κ2) is 8.13. The molecule has 4 rings (SSSR count). The minimum Gasteiger partial charge on any atom is -0.368 e. The number of piperazine rings is 1. The Hall–Kier alpha value is -3.06. The molecule has 2 aromatic carbocycles. The average Bonchev–Trinajstić information content (AvgIpc) is 2.75. The number of rotatable bonds is 3. The monoisotopic (exact) mass is 414 g/mol. The summed E-state index contributed by atoms with van der Waals surface area (Å²) in [6, 6.07) is 13.2. The standard InChI is InChI=1S/C21H20ClFN4O2/c22-15-1-5-18(6-2-15)27-20(28)10-9-19(24-27)21(29)26-13-11-25(12-14-26)17-7-3-16(23)4-8-17/h1-9,24H,10-14H2. The van der Waals surface area contributed by atoms with Crippen molar-refractivity contribution in [3.05, 3.63) is 71.1 Å². The molecular weight excluding hydrogens is 395 g/mol. The lowest BCUT2D eigenvalue weighted by atomic mass is 10.2. The first-order valence-electron chi connectivity index (χ1n) is 9.36. The molecule has 6 nitrogen and oxygen atoms in total. The van der Waals surface area contributed by atoms with E-state index in [0.717, 1.165) is 5.69 Å². The lowest BCUT2D eigenvalue weighted by Crippen LogP contribution is -2.53. The van der Waals surface area contributed by atoms with Crippen molar-refractivity contribution in [2.24, 2.45) is 0 Å². The number of benzene rings is 2. The fraction of sp³-hybridized carbons (Fsp3) is 0.238. The van der Waals surface area contributed by atoms with Gasteiger partial charge in [0.05, 0.1) is 5.69 Å². The van der Waals surface area contributed by atoms with Gasteiger partial charge in [-0.2, -0.15) is 0 Å². The van der Waals surface area contributed by atoms with Crippen molar-refractivity contribution in [2.45, 2.75) is 6.42 Å². The van der Waals surface area contributed by atoms with Crippen molar-refractivity contribution in [1.82, 2.24) is 10.3 Å². The Morgan fingerprint density at radius 1 is 0.931 bits per heavy atom. The molecular formula is C21H20ClFN4O2. The summed E-state index contributed by atoms with van der Waals surface area (Å²) in [5.74, 6) is -0.558. The summed E-state index contributed by atoms with van der Waals surface area (Å²) in [6.45, 7) is 2.41. The minimum absolute atomic E-state index is 0.143. The van der Waals surface area contributed by atoms with E-state index in [1.165, 1.54) is 17.1 Å². The maximum atomic E-state index is 13.1. The molecule has 0 aromatic heterocycles. The number of amides is 2. The third-order valence-corrected chi connectivity index (χ3v) is 5.29. The molecule has 0 spiro atoms. The Bertz CT molecular complexity index is 938. The van der Waals surface area contributed by atoms with E-state index in [1.807, 2.05) is 0 Å². The van der Waals surface area contributed by atoms with Crippen LogP contribution < -0.4 is 15.3 Å². The predicted octanol–water partition coefficient (Wildman–Crippen LogP) is 2.95. The summed E-state index contributed by atoms with van der Waals surface area (Å²) in [7, 11) is 0. The fourth-order valence-electron chi connectivity index (χ4n) is 3.43. The van der Waals surface area contributed by atoms with Crippen molar-refractivity contribution in [3.63, 3.8) is 0 Å². The number of hydrazine groups is 1. The number of carbonyl (C=O) groups is 2. The number of anilines is 2. The number of nitrogens with zero attached hydrogens (tertiary/aromatic N) is 3. The zero-order valence-electron chi connectivity index (χ0n) is 15.6. The van der Waals surface area contributed by atoms with Crippen LogP contribution in [0.2, 0.25) is 5.02 Å². The summed E-state index contributed by atoms with van der Waals surface area (Å²) in [4.78, 5) is 29.1. The molecule has 1 saturated heterocycles. The zero-order valence-corrected chi connectivity index (χ0v) is 16.4. The van der Waals surface area contributed by atoms with Crippen LogP contribution in [0.3, 0.4) is 0 Å². The smallest absolute Gasteiger partial charge is 0.271 e. The van der Waals surface area contributed by atoms with E-state index in [-0.39, 0.29) is 24.1 Å². The highest BCUT2D eigenvalue weighted by molar-refractivity contribution is 6.30. The van der Waals surface area contributed by atoms with Gasteiger partial charge in [0.15, 0.2) is 0 Å². The molecule has 2 aliphatic rings. The second-order valence-electron chi connectivity index (χ2n) is 6.89. The molecule has 0 radical (unpaired) electrons. The molecule has 1 fully saturated rings. The largest absolute Gasteiger partial charge is 0.368 e. The Balaban J connectivity index is 1.40. The third-order valence-electron chi connectivity index (χ3n) is 5.04. The van der Waals surface area contributed by atoms with E-state index in [2.05, 4.69) is 10.3 Å². The van der Waals surface area contributed by atoms with Gasteiger partial charge < -0.3 is 9.80 Å². The van der Waals surface area contributed by atoms with Crippen LogP contribution in [0.5, 0.6) is 0 Å². The molecule has 2 aliphatic heterocycles. The highest BCUT2D eigenvalue weighted by atomic mass is 35.5. The van der Waals surface area contributed by atoms with Gasteiger partial charge >= 0.3 is 0 Å². The van der Waals surface area contributed by atoms with Gasteiger partial charge in [-0.15, -0.1) is 0 Å². The van der Waals surface area contributed by atoms with Gasteiger partial charge in [-0.25, -0.2) is 9.40 Å². The number of hydrogen-bond acceptors (Lipinski definition) is 4. The lowest BCUT2D eigenvalue weighted by molar-refractivity contribution is -0.128. The maximum Gasteiger partial charge on any atom is 0.271 e. The van der Waals surface area contributed by atoms with Gasteiger partial charge in [0, 0.05) is 43.3 Å². The van der Waals surface area contributed by atoms with Crippen LogP contribution in [0.4, 0.5) is 15.8 Å². The van der Waals surface area contributed by atoms with E-state index in [1.54, 1.807) is 47.4 Å². The normalized spacial score (nSPS) is 17.1. The first kappa shape index (κ1) is 19.3. The molecule has 2 aromatic rings. The molecule has 29 heavy (non-hydrogen) atoms. The molecule has 0 aliphatic carbocycles. The van der Waals surface area contributed by atoms with Crippen LogP contribution in [-0.2, 0) is 9.59 Å². The average molecular weight is 415 g/mol. The van der Waals surface area contributed by atoms with Crippen molar-refractivity contribution in [3.8, 4) is 0 Å². The third kappa shape index (κ3) is 4.19. The van der Waals surface area contributed by atoms with Crippen molar-refractivity contribution in [2.75, 3.05) is 36.1 Å². The van der Waals surface area contributed by atoms with Crippen LogP contribution in [0.25, 0.3) is 0 Å². The van der Waals surface area contributed by atoms with Crippen LogP contribution in [0, 0.1) is 5.82 Å². The van der Waals surface area contributed by atoms with E-state index in [0.29, 0.717) is 42.6 Å². The molecule has 8 heteroatoms. The van der Waals surface area contributed by atoms with Gasteiger partial charge in [0.1, 0.15) is 11.5 Å². The van der Waals surface area contributed by atoms with E-state index < -0.39 is 0 Å². The molecule has 2 amide bonds. The minimum atomic E-state index is -0.266. The molecule has 2 heterocycles. The summed E-state index contributed by atoms with van der Waals surface area (Å²) >= 11 is 5.91. The fourth-order valence-corrected chi connectivity index (χ4v) is 3.56. The topological polar surface area (TPSA) is 55.9 Å². The summed E-state index contributed by atoms with van der Waals surface area (Å²) < 4.78 is 13.1. The van der Waals surface area contributed by atoms with Crippen molar-refractivity contribution >= 4 is 34.8 Å². The molecule has 150 valence electrons. The molecule has 0 atom stereocenters. The second-order valence-corrected chi connectivity index (χ2v) is 7.33. The van der Waals surface area contributed by atoms with Gasteiger partial charge in [-0.05, 0) is 54.6 Å². The van der Waals surface area contributed by atoms with Crippen LogP contribution in [-0.4, -0.2) is 42.9 Å². The highest BCUT2D eigenvalue weighted by Crippen LogP contribution is 2.22. The van der Waals surface area contributed by atoms with Crippen LogP contribution >= 0.6 is 11.6 Å². The van der Waals surface area contributed by atoms with E-state index in [4.69, 9.17) is 11.6 Å². The predicted molar refractivity (Wildman–Crippen MR) is 110 cm³/mol. The Labute approximate surface area is 173 Å². The summed E-state index contributed by atoms with van der Waals surface area (Å²) in [5, 5.41) is 1.95. The molecule has 0 unspecified atom stereocenters. The molecule has 1 N–H and O–H groups in total. The quantitative estimate of drug-likeness (QED) is 0.839. The number of hydrogen-bond donors (Lipinski definition) is 1. The van der Waals surface area contributed by atoms with E-state index >= 15 is 0 Å². The van der Waals surface area contributed by atoms with Gasteiger partial charge in [-0.3, -0.25) is 15.0 Å². The van der Waals surface area contributed by atoms with Crippen LogP contribution in [0.15, 0.2) is 60.3 Å². The Morgan fingerprint density at radius 3 is 2.21 bits per heavy atom. The summed E-state index contributed by atoms with van der Waals surface area (Å²) in [6.07, 6.45) is 1.77. The van der Waals surface area contributed by atoms with Crippen molar-refractivity contribution in [1.29, 1.82) is 0 Å². The van der Waals surface area contributed by atoms with Gasteiger partial charge in [0.25, 0.3) is 5.91 Å². The lowest BCUT2D eigenvalue weighted by Gasteiger charge is -2.37. The SMILES string of the molecule is O=C(C1=CCC(=O)N(c2ccc(Cl)cc2)N1)N1CCN(c2ccc(F)cc2)CC1. The first-order valence-corrected chi connectivity index (χ1v) is 9.74. The molecule has 0 saturated carbocycles. The van der Waals surface area contributed by atoms with Crippen LogP contribution in [0.1, 0.15) is 6.42 Å². The number of carbonyl (C=O) groups excluding carboxylic acids is 2. The first-order chi connectivity index (χ1) is 14.0. The number of halogens is 2. The van der Waals surface area contributed by atoms with Crippen molar-refractivity contribution < 1.29 is 14.0 Å². The van der Waals surface area contributed by atoms with Gasteiger partial charge in [-0.1, -0.05) is 11.6 Å². The maximum absolute atomic E-state index is 13.1. The zero-order chi connectivity index (χ0) is 20.4. The Kier molecular flexibility index (Phi) is 5.40. The number of nitrogens with one attached hydrogen (secondary N) is 1. The van der Waals surface area contributed by atoms with E-state index in [9.17, 15) is 14.0 Å². The molecule has 0 bridgehead atoms. The Morgan fingerprint density at radius 2 is 1.55 bits per heavy atom. The highest BCUT2D eigenvalue weighted by Gasteiger charge is 2.29.